The third-order valence-electron chi connectivity index (χ3n) is 2.71. The van der Waals surface area contributed by atoms with E-state index in [1.807, 2.05) is 0 Å². The fraction of sp³-hybridized carbons (Fsp3) is 0.429. The van der Waals surface area contributed by atoms with Crippen molar-refractivity contribution in [1.29, 1.82) is 0 Å². The van der Waals surface area contributed by atoms with Gasteiger partial charge < -0.3 is 0 Å². The van der Waals surface area contributed by atoms with Crippen LogP contribution in [-0.2, 0) is 4.79 Å². The molecule has 0 aliphatic rings. The number of hydrogen-bond donors (Lipinski definition) is 1. The van der Waals surface area contributed by atoms with Crippen LogP contribution in [-0.4, -0.2) is 28.6 Å². The minimum Gasteiger partial charge on any atom is -0.294 e. The number of rotatable bonds is 7. The van der Waals surface area contributed by atoms with E-state index in [-0.39, 0.29) is 11.3 Å². The van der Waals surface area contributed by atoms with Gasteiger partial charge in [-0.05, 0) is 12.2 Å². The molecular weight excluding hydrogens is 321 g/mol. The Kier molecular flexibility index (Phi) is 7.31. The van der Waals surface area contributed by atoms with Gasteiger partial charge in [0.2, 0.25) is 5.12 Å². The molecule has 0 amide bonds. The van der Waals surface area contributed by atoms with Crippen LogP contribution in [0.3, 0.4) is 0 Å². The van der Waals surface area contributed by atoms with Gasteiger partial charge in [0.05, 0.1) is 0 Å². The zero-order valence-electron chi connectivity index (χ0n) is 11.1. The molecule has 0 saturated heterocycles. The van der Waals surface area contributed by atoms with Crippen molar-refractivity contribution in [2.75, 3.05) is 11.5 Å². The molecule has 1 atom stereocenters. The Labute approximate surface area is 130 Å². The highest BCUT2D eigenvalue weighted by atomic mass is 32.2. The van der Waals surface area contributed by atoms with E-state index < -0.39 is 29.4 Å². The van der Waals surface area contributed by atoms with E-state index in [2.05, 4.69) is 12.6 Å². The molecule has 1 aromatic rings. The highest BCUT2D eigenvalue weighted by molar-refractivity contribution is 8.13. The molecule has 2 nitrogen and oxygen atoms in total. The molecule has 1 aromatic carbocycles. The summed E-state index contributed by atoms with van der Waals surface area (Å²) in [5.74, 6) is -2.16. The van der Waals surface area contributed by atoms with Crippen molar-refractivity contribution in [3.63, 3.8) is 0 Å². The Morgan fingerprint density at radius 3 is 2.33 bits per heavy atom. The highest BCUT2D eigenvalue weighted by Gasteiger charge is 2.45. The number of hydrogen-bond acceptors (Lipinski definition) is 4. The number of benzene rings is 1. The highest BCUT2D eigenvalue weighted by Crippen LogP contribution is 2.34. The Hall–Kier alpha value is -0.950. The molecule has 0 aliphatic carbocycles. The van der Waals surface area contributed by atoms with Crippen LogP contribution < -0.4 is 0 Å². The van der Waals surface area contributed by atoms with Gasteiger partial charge in [-0.1, -0.05) is 42.1 Å². The van der Waals surface area contributed by atoms with Crippen molar-refractivity contribution in [3.8, 4) is 0 Å². The molecule has 0 fully saturated rings. The van der Waals surface area contributed by atoms with Gasteiger partial charge >= 0.3 is 6.18 Å². The first-order chi connectivity index (χ1) is 9.86. The molecular formula is C14H15F3O2S2. The molecule has 21 heavy (non-hydrogen) atoms. The number of alkyl halides is 3. The average molecular weight is 336 g/mol. The van der Waals surface area contributed by atoms with Crippen LogP contribution in [0.2, 0.25) is 0 Å². The van der Waals surface area contributed by atoms with E-state index in [1.54, 1.807) is 18.2 Å². The summed E-state index contributed by atoms with van der Waals surface area (Å²) in [7, 11) is 0. The smallest absolute Gasteiger partial charge is 0.294 e. The molecule has 0 spiro atoms. The number of carbonyl (C=O) groups excluding carboxylic acids is 2. The summed E-state index contributed by atoms with van der Waals surface area (Å²) in [5, 5.41) is -1.01. The van der Waals surface area contributed by atoms with Crippen molar-refractivity contribution in [3.05, 3.63) is 35.9 Å². The van der Waals surface area contributed by atoms with E-state index in [9.17, 15) is 22.8 Å². The summed E-state index contributed by atoms with van der Waals surface area (Å²) >= 11 is 4.55. The lowest BCUT2D eigenvalue weighted by molar-refractivity contribution is -0.175. The molecule has 0 aromatic heterocycles. The van der Waals surface area contributed by atoms with E-state index in [1.165, 1.54) is 12.1 Å². The Balaban J connectivity index is 2.75. The van der Waals surface area contributed by atoms with Crippen LogP contribution in [0.1, 0.15) is 23.2 Å². The molecule has 0 radical (unpaired) electrons. The van der Waals surface area contributed by atoms with Gasteiger partial charge in [-0.15, -0.1) is 0 Å². The van der Waals surface area contributed by atoms with E-state index >= 15 is 0 Å². The van der Waals surface area contributed by atoms with Crippen LogP contribution in [0.15, 0.2) is 30.3 Å². The third kappa shape index (κ3) is 6.13. The van der Waals surface area contributed by atoms with Crippen LogP contribution in [0, 0.1) is 5.92 Å². The first kappa shape index (κ1) is 18.1. The summed E-state index contributed by atoms with van der Waals surface area (Å²) in [4.78, 5) is 23.6. The number of halogens is 3. The predicted molar refractivity (Wildman–Crippen MR) is 80.9 cm³/mol. The monoisotopic (exact) mass is 336 g/mol. The lowest BCUT2D eigenvalue weighted by atomic mass is 9.99. The SMILES string of the molecule is O=C(CC(C(=O)SCCCS)C(F)(F)F)c1ccccc1. The minimum absolute atomic E-state index is 0.180. The van der Waals surface area contributed by atoms with Crippen molar-refractivity contribution >= 4 is 35.3 Å². The van der Waals surface area contributed by atoms with Gasteiger partial charge in [-0.3, -0.25) is 9.59 Å². The lowest BCUT2D eigenvalue weighted by Crippen LogP contribution is -2.31. The summed E-state index contributed by atoms with van der Waals surface area (Å²) in [6, 6.07) is 7.68. The van der Waals surface area contributed by atoms with Crippen LogP contribution in [0.25, 0.3) is 0 Å². The van der Waals surface area contributed by atoms with Crippen molar-refractivity contribution in [2.24, 2.45) is 5.92 Å². The molecule has 7 heteroatoms. The van der Waals surface area contributed by atoms with E-state index in [4.69, 9.17) is 0 Å². The number of ketones is 1. The maximum absolute atomic E-state index is 13.0. The van der Waals surface area contributed by atoms with Crippen LogP contribution in [0.5, 0.6) is 0 Å². The van der Waals surface area contributed by atoms with Crippen LogP contribution >= 0.6 is 24.4 Å². The molecule has 0 heterocycles. The maximum Gasteiger partial charge on any atom is 0.399 e. The Morgan fingerprint density at radius 2 is 1.81 bits per heavy atom. The van der Waals surface area contributed by atoms with Gasteiger partial charge in [0.1, 0.15) is 5.92 Å². The largest absolute Gasteiger partial charge is 0.399 e. The quantitative estimate of drug-likeness (QED) is 0.464. The molecule has 0 aliphatic heterocycles. The van der Waals surface area contributed by atoms with Gasteiger partial charge in [-0.2, -0.15) is 25.8 Å². The third-order valence-corrected chi connectivity index (χ3v) is 4.09. The first-order valence-corrected chi connectivity index (χ1v) is 7.90. The molecule has 1 rings (SSSR count). The number of thiol groups is 1. The standard InChI is InChI=1S/C14H15F3O2S2/c15-14(16,17)11(13(19)21-8-4-7-20)9-12(18)10-5-2-1-3-6-10/h1-3,5-6,11,20H,4,7-9H2. The molecule has 0 bridgehead atoms. The Morgan fingerprint density at radius 1 is 1.19 bits per heavy atom. The Bertz CT molecular complexity index is 475. The topological polar surface area (TPSA) is 34.1 Å². The summed E-state index contributed by atoms with van der Waals surface area (Å²) < 4.78 is 38.9. The van der Waals surface area contributed by atoms with Gasteiger partial charge in [0.15, 0.2) is 5.78 Å². The first-order valence-electron chi connectivity index (χ1n) is 6.28. The predicted octanol–water partition coefficient (Wildman–Crippen LogP) is 4.02. The molecule has 0 N–H and O–H groups in total. The van der Waals surface area contributed by atoms with E-state index in [0.29, 0.717) is 23.9 Å². The second-order valence-corrected chi connectivity index (χ2v) is 5.88. The number of carbonyl (C=O) groups is 2. The molecule has 0 saturated carbocycles. The van der Waals surface area contributed by atoms with Gasteiger partial charge in [0, 0.05) is 17.7 Å². The number of Topliss-reactive ketones (excluding diaryl/α,β-unsaturated/α-hetero) is 1. The van der Waals surface area contributed by atoms with Crippen molar-refractivity contribution in [1.82, 2.24) is 0 Å². The van der Waals surface area contributed by atoms with E-state index in [0.717, 1.165) is 0 Å². The van der Waals surface area contributed by atoms with Gasteiger partial charge in [0.25, 0.3) is 0 Å². The zero-order chi connectivity index (χ0) is 15.9. The summed E-state index contributed by atoms with van der Waals surface area (Å²) in [6.45, 7) is 0. The second-order valence-electron chi connectivity index (χ2n) is 4.33. The van der Waals surface area contributed by atoms with Crippen LogP contribution in [0.4, 0.5) is 13.2 Å². The summed E-state index contributed by atoms with van der Waals surface area (Å²) in [5.41, 5.74) is 0.180. The molecule has 116 valence electrons. The fourth-order valence-corrected chi connectivity index (χ4v) is 2.88. The fourth-order valence-electron chi connectivity index (χ4n) is 1.60. The van der Waals surface area contributed by atoms with Gasteiger partial charge in [-0.25, -0.2) is 0 Å². The second kappa shape index (κ2) is 8.48. The van der Waals surface area contributed by atoms with Crippen molar-refractivity contribution in [2.45, 2.75) is 19.0 Å². The number of thioether (sulfide) groups is 1. The molecule has 1 unspecified atom stereocenters. The average Bonchev–Trinajstić information content (AvgIpc) is 2.44. The van der Waals surface area contributed by atoms with Crippen molar-refractivity contribution < 1.29 is 22.8 Å². The maximum atomic E-state index is 13.0. The lowest BCUT2D eigenvalue weighted by Gasteiger charge is -2.18. The normalized spacial score (nSPS) is 13.0. The summed E-state index contributed by atoms with van der Waals surface area (Å²) in [6.07, 6.45) is -5.02. The zero-order valence-corrected chi connectivity index (χ0v) is 12.8. The minimum atomic E-state index is -4.71.